The number of amides is 1. The van der Waals surface area contributed by atoms with Gasteiger partial charge in [0.15, 0.2) is 24.1 Å². The molecule has 150 valence electrons. The van der Waals surface area contributed by atoms with Gasteiger partial charge in [0.1, 0.15) is 5.69 Å². The van der Waals surface area contributed by atoms with Gasteiger partial charge in [0, 0.05) is 5.69 Å². The Kier molecular flexibility index (Phi) is 6.45. The molecule has 1 aromatic carbocycles. The van der Waals surface area contributed by atoms with E-state index in [9.17, 15) is 27.6 Å². The Morgan fingerprint density at radius 2 is 1.71 bits per heavy atom. The van der Waals surface area contributed by atoms with Gasteiger partial charge in [-0.2, -0.15) is 0 Å². The summed E-state index contributed by atoms with van der Waals surface area (Å²) in [6, 6.07) is 1.47. The quantitative estimate of drug-likeness (QED) is 0.576. The molecule has 0 saturated carbocycles. The lowest BCUT2D eigenvalue weighted by Crippen LogP contribution is -2.22. The van der Waals surface area contributed by atoms with Crippen LogP contribution in [0.2, 0.25) is 0 Å². The maximum atomic E-state index is 13.5. The van der Waals surface area contributed by atoms with E-state index in [2.05, 4.69) is 4.98 Å². The predicted molar refractivity (Wildman–Crippen MR) is 91.5 cm³/mol. The van der Waals surface area contributed by atoms with Crippen molar-refractivity contribution in [3.63, 3.8) is 0 Å². The van der Waals surface area contributed by atoms with Gasteiger partial charge in [-0.05, 0) is 38.5 Å². The van der Waals surface area contributed by atoms with Gasteiger partial charge in [0.25, 0.3) is 5.91 Å². The maximum absolute atomic E-state index is 13.5. The zero-order chi connectivity index (χ0) is 21.0. The summed E-state index contributed by atoms with van der Waals surface area (Å²) in [6.07, 6.45) is 0. The van der Waals surface area contributed by atoms with E-state index >= 15 is 0 Å². The van der Waals surface area contributed by atoms with Crippen LogP contribution >= 0.6 is 0 Å². The van der Waals surface area contributed by atoms with Crippen LogP contribution in [0.4, 0.5) is 18.9 Å². The number of hydrogen-bond donors (Lipinski definition) is 2. The number of aryl methyl sites for hydroxylation is 1. The van der Waals surface area contributed by atoms with Crippen LogP contribution in [0.3, 0.4) is 0 Å². The zero-order valence-corrected chi connectivity index (χ0v) is 15.2. The number of rotatable bonds is 6. The third-order valence-electron chi connectivity index (χ3n) is 3.76. The molecule has 0 unspecified atom stereocenters. The zero-order valence-electron chi connectivity index (χ0n) is 15.2. The van der Waals surface area contributed by atoms with Crippen molar-refractivity contribution in [2.24, 2.45) is 0 Å². The highest BCUT2D eigenvalue weighted by molar-refractivity contribution is 5.99. The fourth-order valence-corrected chi connectivity index (χ4v) is 2.48. The second-order valence-corrected chi connectivity index (χ2v) is 5.69. The first-order chi connectivity index (χ1) is 13.2. The molecule has 7 nitrogen and oxygen atoms in total. The van der Waals surface area contributed by atoms with Gasteiger partial charge >= 0.3 is 11.9 Å². The third kappa shape index (κ3) is 4.33. The molecular formula is C18H17F3N2O5. The third-order valence-corrected chi connectivity index (χ3v) is 3.76. The molecule has 1 amide bonds. The summed E-state index contributed by atoms with van der Waals surface area (Å²) in [4.78, 5) is 38.6. The molecule has 0 bridgehead atoms. The van der Waals surface area contributed by atoms with Crippen molar-refractivity contribution in [1.82, 2.24) is 4.98 Å². The smallest absolute Gasteiger partial charge is 0.355 e. The van der Waals surface area contributed by atoms with Crippen molar-refractivity contribution in [3.8, 4) is 0 Å². The fourth-order valence-electron chi connectivity index (χ4n) is 2.48. The molecular weight excluding hydrogens is 381 g/mol. The largest absolute Gasteiger partial charge is 0.462 e. The molecule has 0 aliphatic rings. The molecule has 0 radical (unpaired) electrons. The average molecular weight is 398 g/mol. The minimum atomic E-state index is -1.74. The number of hydrogen-bond acceptors (Lipinski definition) is 5. The first kappa shape index (κ1) is 21.0. The van der Waals surface area contributed by atoms with Gasteiger partial charge in [0.05, 0.1) is 17.9 Å². The molecule has 10 heteroatoms. The van der Waals surface area contributed by atoms with Crippen LogP contribution < -0.4 is 5.32 Å². The van der Waals surface area contributed by atoms with Crippen LogP contribution in [0, 0.1) is 31.3 Å². The van der Waals surface area contributed by atoms with E-state index in [1.165, 1.54) is 6.92 Å². The number of aromatic nitrogens is 1. The average Bonchev–Trinajstić information content (AvgIpc) is 2.95. The molecule has 0 atom stereocenters. The molecule has 2 aromatic rings. The van der Waals surface area contributed by atoms with E-state index in [1.807, 2.05) is 5.32 Å². The van der Waals surface area contributed by atoms with Crippen molar-refractivity contribution < 1.29 is 37.0 Å². The number of anilines is 1. The van der Waals surface area contributed by atoms with E-state index in [0.717, 1.165) is 6.07 Å². The Labute approximate surface area is 157 Å². The molecule has 0 aliphatic carbocycles. The van der Waals surface area contributed by atoms with Gasteiger partial charge in [-0.15, -0.1) is 0 Å². The van der Waals surface area contributed by atoms with Crippen LogP contribution in [0.25, 0.3) is 0 Å². The first-order valence-electron chi connectivity index (χ1n) is 8.14. The number of carbonyl (C=O) groups excluding carboxylic acids is 3. The molecule has 1 heterocycles. The molecule has 2 rings (SSSR count). The summed E-state index contributed by atoms with van der Waals surface area (Å²) in [7, 11) is 0. The number of benzene rings is 1. The predicted octanol–water partition coefficient (Wildman–Crippen LogP) is 3.02. The van der Waals surface area contributed by atoms with Gasteiger partial charge in [-0.3, -0.25) is 4.79 Å². The van der Waals surface area contributed by atoms with Crippen molar-refractivity contribution >= 4 is 23.5 Å². The van der Waals surface area contributed by atoms with Crippen molar-refractivity contribution in [3.05, 3.63) is 52.1 Å². The number of H-pyrrole nitrogens is 1. The number of halogens is 3. The normalized spacial score (nSPS) is 10.5. The number of ether oxygens (including phenoxy) is 2. The van der Waals surface area contributed by atoms with E-state index < -0.39 is 47.6 Å². The minimum absolute atomic E-state index is 0.0487. The molecule has 0 fully saturated rings. The fraction of sp³-hybridized carbons (Fsp3) is 0.278. The monoisotopic (exact) mass is 398 g/mol. The lowest BCUT2D eigenvalue weighted by molar-refractivity contribution is -0.119. The van der Waals surface area contributed by atoms with Crippen LogP contribution in [-0.4, -0.2) is 36.0 Å². The summed E-state index contributed by atoms with van der Waals surface area (Å²) in [5.74, 6) is -7.23. The molecule has 2 N–H and O–H groups in total. The Morgan fingerprint density at radius 1 is 1.04 bits per heavy atom. The number of aromatic amines is 1. The molecule has 28 heavy (non-hydrogen) atoms. The summed E-state index contributed by atoms with van der Waals surface area (Å²) in [5.41, 5.74) is 0.204. The first-order valence-corrected chi connectivity index (χ1v) is 8.14. The standard InChI is InChI=1S/C18H17F3N2O5/c1-4-27-17(25)13-8(2)16(22-9(13)3)18(26)28-7-12(24)23-11-6-5-10(19)14(20)15(11)21/h5-6,22H,4,7H2,1-3H3,(H,23,24). The van der Waals surface area contributed by atoms with Gasteiger partial charge in [0.2, 0.25) is 0 Å². The second kappa shape index (κ2) is 8.59. The Balaban J connectivity index is 2.04. The second-order valence-electron chi connectivity index (χ2n) is 5.69. The lowest BCUT2D eigenvalue weighted by Gasteiger charge is -2.08. The summed E-state index contributed by atoms with van der Waals surface area (Å²) < 4.78 is 49.3. The van der Waals surface area contributed by atoms with Crippen LogP contribution in [0.1, 0.15) is 39.0 Å². The van der Waals surface area contributed by atoms with Gasteiger partial charge in [-0.1, -0.05) is 0 Å². The highest BCUT2D eigenvalue weighted by atomic mass is 19.2. The Morgan fingerprint density at radius 3 is 2.36 bits per heavy atom. The summed E-state index contributed by atoms with van der Waals surface area (Å²) in [5, 5.41) is 1.97. The number of carbonyl (C=O) groups is 3. The van der Waals surface area contributed by atoms with E-state index in [4.69, 9.17) is 9.47 Å². The molecule has 0 saturated heterocycles. The SMILES string of the molecule is CCOC(=O)c1c(C)[nH]c(C(=O)OCC(=O)Nc2ccc(F)c(F)c2F)c1C. The molecule has 0 aliphatic heterocycles. The molecule has 1 aromatic heterocycles. The topological polar surface area (TPSA) is 97.5 Å². The van der Waals surface area contributed by atoms with Crippen molar-refractivity contribution in [2.45, 2.75) is 20.8 Å². The van der Waals surface area contributed by atoms with Crippen LogP contribution in [0.15, 0.2) is 12.1 Å². The number of esters is 2. The van der Waals surface area contributed by atoms with Crippen molar-refractivity contribution in [2.75, 3.05) is 18.5 Å². The van der Waals surface area contributed by atoms with Gasteiger partial charge < -0.3 is 19.8 Å². The molecule has 0 spiro atoms. The number of nitrogens with one attached hydrogen (secondary N) is 2. The highest BCUT2D eigenvalue weighted by Crippen LogP contribution is 2.21. The van der Waals surface area contributed by atoms with E-state index in [-0.39, 0.29) is 23.4 Å². The van der Waals surface area contributed by atoms with Gasteiger partial charge in [-0.25, -0.2) is 22.8 Å². The maximum Gasteiger partial charge on any atom is 0.355 e. The Hall–Kier alpha value is -3.30. The highest BCUT2D eigenvalue weighted by Gasteiger charge is 2.24. The summed E-state index contributed by atoms with van der Waals surface area (Å²) in [6.45, 7) is 4.05. The summed E-state index contributed by atoms with van der Waals surface area (Å²) >= 11 is 0. The van der Waals surface area contributed by atoms with Crippen LogP contribution in [-0.2, 0) is 14.3 Å². The minimum Gasteiger partial charge on any atom is -0.462 e. The van der Waals surface area contributed by atoms with E-state index in [1.54, 1.807) is 13.8 Å². The Bertz CT molecular complexity index is 940. The van der Waals surface area contributed by atoms with E-state index in [0.29, 0.717) is 11.8 Å². The lowest BCUT2D eigenvalue weighted by atomic mass is 10.1. The van der Waals surface area contributed by atoms with Crippen LogP contribution in [0.5, 0.6) is 0 Å². The van der Waals surface area contributed by atoms with Crippen molar-refractivity contribution in [1.29, 1.82) is 0 Å².